The highest BCUT2D eigenvalue weighted by Gasteiger charge is 2.16. The van der Waals surface area contributed by atoms with E-state index in [9.17, 15) is 13.6 Å². The fraction of sp³-hybridized carbons (Fsp3) is 0.167. The van der Waals surface area contributed by atoms with Crippen LogP contribution in [0.3, 0.4) is 0 Å². The second kappa shape index (κ2) is 5.48. The molecule has 0 spiro atoms. The summed E-state index contributed by atoms with van der Waals surface area (Å²) in [5.41, 5.74) is -0.310. The number of benzene rings is 1. The zero-order valence-electron chi connectivity index (χ0n) is 9.86. The molecule has 2 rings (SSSR count). The molecule has 0 fully saturated rings. The van der Waals surface area contributed by atoms with E-state index in [0.717, 1.165) is 23.0 Å². The molecule has 7 heteroatoms. The second-order valence-electron chi connectivity index (χ2n) is 3.60. The number of hydrogen-bond donors (Lipinski definition) is 0. The summed E-state index contributed by atoms with van der Waals surface area (Å²) in [6, 6.07) is 2.25. The maximum atomic E-state index is 13.7. The molecular weight excluding hydrogens is 322 g/mol. The molecule has 4 nitrogen and oxygen atoms in total. The average Bonchev–Trinajstić information content (AvgIpc) is 2.77. The van der Waals surface area contributed by atoms with E-state index in [4.69, 9.17) is 4.74 Å². The monoisotopic (exact) mass is 330 g/mol. The molecule has 1 aromatic heterocycles. The Hall–Kier alpha value is -1.76. The van der Waals surface area contributed by atoms with Crippen molar-refractivity contribution in [1.29, 1.82) is 0 Å². The summed E-state index contributed by atoms with van der Waals surface area (Å²) < 4.78 is 33.6. The molecule has 0 radical (unpaired) electrons. The fourth-order valence-corrected chi connectivity index (χ4v) is 1.94. The van der Waals surface area contributed by atoms with Gasteiger partial charge in [-0.1, -0.05) is 15.9 Å². The van der Waals surface area contributed by atoms with E-state index in [1.54, 1.807) is 6.92 Å². The van der Waals surface area contributed by atoms with Crippen LogP contribution in [0.2, 0.25) is 0 Å². The average molecular weight is 331 g/mol. The highest BCUT2D eigenvalue weighted by Crippen LogP contribution is 2.23. The predicted octanol–water partition coefficient (Wildman–Crippen LogP) is 3.09. The first-order valence-electron chi connectivity index (χ1n) is 5.39. The first-order valence-corrected chi connectivity index (χ1v) is 6.18. The first kappa shape index (κ1) is 13.7. The Morgan fingerprint density at radius 1 is 1.42 bits per heavy atom. The lowest BCUT2D eigenvalue weighted by Crippen LogP contribution is -2.05. The Morgan fingerprint density at radius 3 is 2.63 bits per heavy atom. The van der Waals surface area contributed by atoms with Crippen molar-refractivity contribution in [2.24, 2.45) is 0 Å². The zero-order valence-corrected chi connectivity index (χ0v) is 11.4. The molecule has 0 N–H and O–H groups in total. The van der Waals surface area contributed by atoms with Gasteiger partial charge in [0.25, 0.3) is 0 Å². The van der Waals surface area contributed by atoms with Crippen LogP contribution in [0, 0.1) is 11.6 Å². The molecular formula is C12H9BrF2N2O2. The van der Waals surface area contributed by atoms with E-state index in [1.165, 1.54) is 6.20 Å². The minimum atomic E-state index is -0.764. The van der Waals surface area contributed by atoms with Gasteiger partial charge in [0.05, 0.1) is 6.61 Å². The molecule has 0 aliphatic heterocycles. The number of ether oxygens (including phenoxy) is 1. The molecule has 0 amide bonds. The highest BCUT2D eigenvalue weighted by atomic mass is 79.9. The molecule has 0 saturated heterocycles. The molecule has 0 bridgehead atoms. The number of aromatic nitrogens is 2. The first-order chi connectivity index (χ1) is 9.02. The van der Waals surface area contributed by atoms with Crippen LogP contribution in [0.5, 0.6) is 0 Å². The van der Waals surface area contributed by atoms with Crippen molar-refractivity contribution >= 4 is 21.9 Å². The number of carbonyl (C=O) groups is 1. The van der Waals surface area contributed by atoms with Crippen LogP contribution in [0.1, 0.15) is 17.4 Å². The zero-order chi connectivity index (χ0) is 14.0. The van der Waals surface area contributed by atoms with Crippen molar-refractivity contribution in [3.63, 3.8) is 0 Å². The molecule has 1 aromatic carbocycles. The SMILES string of the molecule is CCOC(=O)c1cn(-c2c(F)cc(Br)cc2F)cn1. The smallest absolute Gasteiger partial charge is 0.358 e. The van der Waals surface area contributed by atoms with Crippen LogP contribution in [0.25, 0.3) is 5.69 Å². The molecule has 2 aromatic rings. The van der Waals surface area contributed by atoms with Crippen molar-refractivity contribution < 1.29 is 18.3 Å². The van der Waals surface area contributed by atoms with Crippen LogP contribution in [-0.2, 0) is 4.74 Å². The van der Waals surface area contributed by atoms with Crippen LogP contribution < -0.4 is 0 Å². The van der Waals surface area contributed by atoms with Gasteiger partial charge in [-0.2, -0.15) is 0 Å². The maximum absolute atomic E-state index is 13.7. The van der Waals surface area contributed by atoms with Crippen molar-refractivity contribution in [2.75, 3.05) is 6.61 Å². The lowest BCUT2D eigenvalue weighted by Gasteiger charge is -2.05. The van der Waals surface area contributed by atoms with Crippen LogP contribution in [0.4, 0.5) is 8.78 Å². The third kappa shape index (κ3) is 2.81. The molecule has 0 saturated carbocycles. The molecule has 0 aliphatic rings. The van der Waals surface area contributed by atoms with Gasteiger partial charge in [0.15, 0.2) is 17.3 Å². The van der Waals surface area contributed by atoms with Crippen molar-refractivity contribution in [3.05, 3.63) is 46.5 Å². The fourth-order valence-electron chi connectivity index (χ4n) is 1.54. The summed E-state index contributed by atoms with van der Waals surface area (Å²) in [6.07, 6.45) is 2.37. The Morgan fingerprint density at radius 2 is 2.05 bits per heavy atom. The standard InChI is InChI=1S/C12H9BrF2N2O2/c1-2-19-12(18)10-5-17(6-16-10)11-8(14)3-7(13)4-9(11)15/h3-6H,2H2,1H3. The third-order valence-corrected chi connectivity index (χ3v) is 2.76. The predicted molar refractivity (Wildman–Crippen MR) is 67.1 cm³/mol. The third-order valence-electron chi connectivity index (χ3n) is 2.31. The quantitative estimate of drug-likeness (QED) is 0.812. The number of rotatable bonds is 3. The van der Waals surface area contributed by atoms with Gasteiger partial charge in [-0.15, -0.1) is 0 Å². The summed E-state index contributed by atoms with van der Waals surface area (Å²) in [6.45, 7) is 1.86. The van der Waals surface area contributed by atoms with Crippen molar-refractivity contribution in [1.82, 2.24) is 9.55 Å². The Balaban J connectivity index is 2.41. The summed E-state index contributed by atoms with van der Waals surface area (Å²) in [5, 5.41) is 0. The summed E-state index contributed by atoms with van der Waals surface area (Å²) in [4.78, 5) is 15.2. The number of hydrogen-bond acceptors (Lipinski definition) is 3. The molecule has 0 atom stereocenters. The minimum absolute atomic E-state index is 0.0106. The summed E-state index contributed by atoms with van der Waals surface area (Å²) >= 11 is 2.99. The van der Waals surface area contributed by atoms with Crippen LogP contribution in [-0.4, -0.2) is 22.1 Å². The lowest BCUT2D eigenvalue weighted by atomic mass is 10.3. The topological polar surface area (TPSA) is 44.1 Å². The largest absolute Gasteiger partial charge is 0.461 e. The molecule has 100 valence electrons. The normalized spacial score (nSPS) is 10.5. The van der Waals surface area contributed by atoms with Crippen molar-refractivity contribution in [2.45, 2.75) is 6.92 Å². The van der Waals surface area contributed by atoms with E-state index in [0.29, 0.717) is 0 Å². The number of nitrogens with zero attached hydrogens (tertiary/aromatic N) is 2. The lowest BCUT2D eigenvalue weighted by molar-refractivity contribution is 0.0520. The molecule has 0 unspecified atom stereocenters. The molecule has 0 aliphatic carbocycles. The number of imidazole rings is 1. The summed E-state index contributed by atoms with van der Waals surface area (Å²) in [7, 11) is 0. The summed E-state index contributed by atoms with van der Waals surface area (Å²) in [5.74, 6) is -2.17. The van der Waals surface area contributed by atoms with Gasteiger partial charge in [-0.05, 0) is 19.1 Å². The number of carbonyl (C=O) groups excluding carboxylic acids is 1. The van der Waals surface area contributed by atoms with Gasteiger partial charge in [-0.25, -0.2) is 18.6 Å². The van der Waals surface area contributed by atoms with E-state index < -0.39 is 17.6 Å². The van der Waals surface area contributed by atoms with E-state index >= 15 is 0 Å². The molecule has 1 heterocycles. The number of esters is 1. The van der Waals surface area contributed by atoms with Crippen LogP contribution >= 0.6 is 15.9 Å². The maximum Gasteiger partial charge on any atom is 0.358 e. The van der Waals surface area contributed by atoms with Gasteiger partial charge in [-0.3, -0.25) is 0 Å². The van der Waals surface area contributed by atoms with E-state index in [2.05, 4.69) is 20.9 Å². The molecule has 19 heavy (non-hydrogen) atoms. The van der Waals surface area contributed by atoms with Gasteiger partial charge in [0.2, 0.25) is 0 Å². The van der Waals surface area contributed by atoms with E-state index in [1.807, 2.05) is 0 Å². The van der Waals surface area contributed by atoms with Gasteiger partial charge < -0.3 is 9.30 Å². The minimum Gasteiger partial charge on any atom is -0.461 e. The number of halogens is 3. The van der Waals surface area contributed by atoms with Gasteiger partial charge in [0, 0.05) is 10.7 Å². The van der Waals surface area contributed by atoms with Crippen LogP contribution in [0.15, 0.2) is 29.1 Å². The Labute approximate surface area is 116 Å². The second-order valence-corrected chi connectivity index (χ2v) is 4.52. The van der Waals surface area contributed by atoms with Gasteiger partial charge >= 0.3 is 5.97 Å². The Kier molecular flexibility index (Phi) is 3.94. The Bertz CT molecular complexity index is 605. The highest BCUT2D eigenvalue weighted by molar-refractivity contribution is 9.10. The van der Waals surface area contributed by atoms with Gasteiger partial charge in [0.1, 0.15) is 12.0 Å². The van der Waals surface area contributed by atoms with Crippen molar-refractivity contribution in [3.8, 4) is 5.69 Å². The van der Waals surface area contributed by atoms with E-state index in [-0.39, 0.29) is 22.5 Å².